The fraction of sp³-hybridized carbons (Fsp3) is 0.286. The zero-order valence-corrected chi connectivity index (χ0v) is 21.3. The summed E-state index contributed by atoms with van der Waals surface area (Å²) in [5.41, 5.74) is 4.31. The van der Waals surface area contributed by atoms with Crippen LogP contribution in [-0.2, 0) is 11.1 Å². The largest absolute Gasteiger partial charge is 0.417 e. The molecule has 0 fully saturated rings. The minimum Gasteiger partial charge on any atom is -0.417 e. The lowest BCUT2D eigenvalue weighted by atomic mass is 9.99. The average molecular weight is 506 g/mol. The molecule has 0 aliphatic rings. The highest BCUT2D eigenvalue weighted by Gasteiger charge is 2.14. The van der Waals surface area contributed by atoms with E-state index in [9.17, 15) is 4.57 Å². The SMILES string of the molecule is CCCCC(=Cc1nnc(-c2ccc(CNCCCP(=O)(O)O)c3ccccc23)o1)c1ccccc1. The molecule has 8 heteroatoms. The van der Waals surface area contributed by atoms with Crippen molar-refractivity contribution in [1.82, 2.24) is 15.5 Å². The monoisotopic (exact) mass is 505 g/mol. The van der Waals surface area contributed by atoms with Crippen LogP contribution in [0.15, 0.2) is 71.1 Å². The molecule has 1 aromatic heterocycles. The second kappa shape index (κ2) is 12.2. The predicted molar refractivity (Wildman–Crippen MR) is 144 cm³/mol. The van der Waals surface area contributed by atoms with Gasteiger partial charge >= 0.3 is 7.60 Å². The first-order valence-electron chi connectivity index (χ1n) is 12.3. The van der Waals surface area contributed by atoms with Gasteiger partial charge in [0, 0.05) is 18.2 Å². The number of nitrogens with zero attached hydrogens (tertiary/aromatic N) is 2. The lowest BCUT2D eigenvalue weighted by Gasteiger charge is -2.11. The Kier molecular flexibility index (Phi) is 8.83. The fourth-order valence-corrected chi connectivity index (χ4v) is 4.78. The van der Waals surface area contributed by atoms with Crippen molar-refractivity contribution in [1.29, 1.82) is 0 Å². The lowest BCUT2D eigenvalue weighted by Crippen LogP contribution is -2.16. The highest BCUT2D eigenvalue weighted by atomic mass is 31.2. The van der Waals surface area contributed by atoms with E-state index in [4.69, 9.17) is 14.2 Å². The Bertz CT molecular complexity index is 1360. The topological polar surface area (TPSA) is 108 Å². The van der Waals surface area contributed by atoms with E-state index in [1.54, 1.807) is 0 Å². The summed E-state index contributed by atoms with van der Waals surface area (Å²) in [6.07, 6.45) is 5.42. The summed E-state index contributed by atoms with van der Waals surface area (Å²) in [6, 6.07) is 22.4. The summed E-state index contributed by atoms with van der Waals surface area (Å²) in [7, 11) is -3.96. The smallest absolute Gasteiger partial charge is 0.325 e. The van der Waals surface area contributed by atoms with Crippen LogP contribution in [0, 0.1) is 0 Å². The summed E-state index contributed by atoms with van der Waals surface area (Å²) in [4.78, 5) is 18.0. The molecule has 3 aromatic carbocycles. The molecule has 0 atom stereocenters. The Balaban J connectivity index is 1.56. The molecule has 0 saturated carbocycles. The number of rotatable bonds is 12. The molecule has 3 N–H and O–H groups in total. The van der Waals surface area contributed by atoms with Crippen molar-refractivity contribution < 1.29 is 18.8 Å². The Hall–Kier alpha value is -3.09. The third-order valence-corrected chi connectivity index (χ3v) is 6.94. The molecule has 4 aromatic rings. The quantitative estimate of drug-likeness (QED) is 0.154. The van der Waals surface area contributed by atoms with Crippen LogP contribution < -0.4 is 5.32 Å². The van der Waals surface area contributed by atoms with Gasteiger partial charge in [0.2, 0.25) is 11.8 Å². The molecule has 0 spiro atoms. The molecule has 188 valence electrons. The molecule has 36 heavy (non-hydrogen) atoms. The summed E-state index contributed by atoms with van der Waals surface area (Å²) >= 11 is 0. The van der Waals surface area contributed by atoms with E-state index in [1.165, 1.54) is 5.57 Å². The van der Waals surface area contributed by atoms with Crippen LogP contribution in [0.25, 0.3) is 33.9 Å². The van der Waals surface area contributed by atoms with Gasteiger partial charge in [0.05, 0.1) is 6.16 Å². The summed E-state index contributed by atoms with van der Waals surface area (Å²) in [6.45, 7) is 3.31. The molecular formula is C28H32N3O4P. The normalized spacial score (nSPS) is 12.4. The number of allylic oxidation sites excluding steroid dienone is 1. The van der Waals surface area contributed by atoms with Crippen molar-refractivity contribution in [2.75, 3.05) is 12.7 Å². The highest BCUT2D eigenvalue weighted by Crippen LogP contribution is 2.35. The van der Waals surface area contributed by atoms with Crippen LogP contribution >= 0.6 is 7.60 Å². The molecular weight excluding hydrogens is 473 g/mol. The molecule has 7 nitrogen and oxygen atoms in total. The second-order valence-corrected chi connectivity index (χ2v) is 10.6. The Morgan fingerprint density at radius 2 is 1.72 bits per heavy atom. The number of hydrogen-bond acceptors (Lipinski definition) is 5. The molecule has 0 aliphatic carbocycles. The van der Waals surface area contributed by atoms with Crippen LogP contribution in [0.2, 0.25) is 0 Å². The highest BCUT2D eigenvalue weighted by molar-refractivity contribution is 7.51. The van der Waals surface area contributed by atoms with Crippen molar-refractivity contribution in [3.05, 3.63) is 83.7 Å². The number of benzene rings is 3. The van der Waals surface area contributed by atoms with Gasteiger partial charge in [-0.1, -0.05) is 74.0 Å². The van der Waals surface area contributed by atoms with Gasteiger partial charge in [0.1, 0.15) is 0 Å². The molecule has 0 aliphatic heterocycles. The van der Waals surface area contributed by atoms with E-state index in [-0.39, 0.29) is 6.16 Å². The molecule has 0 bridgehead atoms. The number of nitrogens with one attached hydrogen (secondary N) is 1. The van der Waals surface area contributed by atoms with Crippen molar-refractivity contribution in [3.63, 3.8) is 0 Å². The van der Waals surface area contributed by atoms with Crippen LogP contribution in [-0.4, -0.2) is 32.7 Å². The molecule has 0 radical (unpaired) electrons. The van der Waals surface area contributed by atoms with Gasteiger partial charge in [-0.05, 0) is 59.3 Å². The minimum absolute atomic E-state index is 0.113. The van der Waals surface area contributed by atoms with E-state index in [2.05, 4.69) is 40.6 Å². The first-order chi connectivity index (χ1) is 17.4. The standard InChI is InChI=1S/C28H32N3O4P/c1-2-3-10-22(21-11-5-4-6-12-21)19-27-30-31-28(35-27)26-16-15-23(24-13-7-8-14-25(24)26)20-29-17-9-18-36(32,33)34/h4-8,11-16,19,29H,2-3,9-10,17-18,20H2,1H3,(H2,32,33,34). The van der Waals surface area contributed by atoms with Crippen molar-refractivity contribution in [2.24, 2.45) is 0 Å². The fourth-order valence-electron chi connectivity index (χ4n) is 4.21. The Morgan fingerprint density at radius 1 is 0.972 bits per heavy atom. The van der Waals surface area contributed by atoms with Crippen LogP contribution in [0.4, 0.5) is 0 Å². The number of aromatic nitrogens is 2. The van der Waals surface area contributed by atoms with Gasteiger partial charge in [-0.25, -0.2) is 0 Å². The van der Waals surface area contributed by atoms with Gasteiger partial charge < -0.3 is 19.5 Å². The van der Waals surface area contributed by atoms with Gasteiger partial charge in [-0.3, -0.25) is 4.57 Å². The van der Waals surface area contributed by atoms with Gasteiger partial charge in [-0.15, -0.1) is 10.2 Å². The van der Waals surface area contributed by atoms with Crippen molar-refractivity contribution in [2.45, 2.75) is 39.2 Å². The molecule has 4 rings (SSSR count). The zero-order chi connectivity index (χ0) is 25.4. The maximum atomic E-state index is 11.0. The van der Waals surface area contributed by atoms with E-state index in [0.717, 1.165) is 46.7 Å². The van der Waals surface area contributed by atoms with Crippen molar-refractivity contribution >= 4 is 30.0 Å². The summed E-state index contributed by atoms with van der Waals surface area (Å²) in [5.74, 6) is 0.960. The lowest BCUT2D eigenvalue weighted by molar-refractivity contribution is 0.371. The van der Waals surface area contributed by atoms with Gasteiger partial charge in [0.25, 0.3) is 0 Å². The number of fused-ring (bicyclic) bond motifs is 1. The van der Waals surface area contributed by atoms with Crippen LogP contribution in [0.1, 0.15) is 49.6 Å². The predicted octanol–water partition coefficient (Wildman–Crippen LogP) is 6.28. The van der Waals surface area contributed by atoms with Gasteiger partial charge in [0.15, 0.2) is 0 Å². The van der Waals surface area contributed by atoms with E-state index < -0.39 is 7.60 Å². The first kappa shape index (κ1) is 26.0. The minimum atomic E-state index is -3.96. The Morgan fingerprint density at radius 3 is 2.47 bits per heavy atom. The third kappa shape index (κ3) is 6.99. The Labute approximate surface area is 211 Å². The third-order valence-electron chi connectivity index (χ3n) is 6.05. The molecule has 0 saturated heterocycles. The summed E-state index contributed by atoms with van der Waals surface area (Å²) < 4.78 is 17.1. The number of unbranched alkanes of at least 4 members (excludes halogenated alkanes) is 1. The van der Waals surface area contributed by atoms with E-state index >= 15 is 0 Å². The first-order valence-corrected chi connectivity index (χ1v) is 14.1. The number of hydrogen-bond donors (Lipinski definition) is 3. The molecule has 1 heterocycles. The van der Waals surface area contributed by atoms with Crippen LogP contribution in [0.3, 0.4) is 0 Å². The molecule has 0 unspecified atom stereocenters. The van der Waals surface area contributed by atoms with Gasteiger partial charge in [-0.2, -0.15) is 0 Å². The molecule has 0 amide bonds. The summed E-state index contributed by atoms with van der Waals surface area (Å²) in [5, 5.41) is 14.0. The average Bonchev–Trinajstić information content (AvgIpc) is 3.34. The maximum absolute atomic E-state index is 11.0. The van der Waals surface area contributed by atoms with Crippen molar-refractivity contribution in [3.8, 4) is 11.5 Å². The van der Waals surface area contributed by atoms with E-state index in [1.807, 2.05) is 54.6 Å². The van der Waals surface area contributed by atoms with E-state index in [0.29, 0.717) is 31.3 Å². The second-order valence-electron chi connectivity index (χ2n) is 8.82. The zero-order valence-electron chi connectivity index (χ0n) is 20.4. The maximum Gasteiger partial charge on any atom is 0.325 e. The van der Waals surface area contributed by atoms with Crippen LogP contribution in [0.5, 0.6) is 0 Å².